The van der Waals surface area contributed by atoms with Crippen molar-refractivity contribution in [1.82, 2.24) is 0 Å². The number of benzene rings is 1. The number of halogens is 3. The molecule has 7 heteroatoms. The maximum absolute atomic E-state index is 12.5. The Morgan fingerprint density at radius 2 is 1.82 bits per heavy atom. The Kier molecular flexibility index (Phi) is 4.29. The molecule has 3 N–H and O–H groups in total. The van der Waals surface area contributed by atoms with Gasteiger partial charge in [-0.2, -0.15) is 25.8 Å². The van der Waals surface area contributed by atoms with Crippen molar-refractivity contribution in [2.75, 3.05) is 5.75 Å². The lowest BCUT2D eigenvalue weighted by Crippen LogP contribution is -2.20. The summed E-state index contributed by atoms with van der Waals surface area (Å²) in [5.74, 6) is -1.02. The van der Waals surface area contributed by atoms with Gasteiger partial charge in [0.2, 0.25) is 0 Å². The van der Waals surface area contributed by atoms with Gasteiger partial charge in [-0.1, -0.05) is 6.07 Å². The predicted molar refractivity (Wildman–Crippen MR) is 57.9 cm³/mol. The fourth-order valence-corrected chi connectivity index (χ4v) is 1.49. The number of thiol groups is 1. The number of aliphatic hydroxyl groups is 2. The maximum atomic E-state index is 12.5. The van der Waals surface area contributed by atoms with Gasteiger partial charge < -0.3 is 15.3 Å². The van der Waals surface area contributed by atoms with Crippen molar-refractivity contribution in [2.45, 2.75) is 18.4 Å². The zero-order valence-corrected chi connectivity index (χ0v) is 9.41. The SMILES string of the molecule is Oc1ccc(C(O)C(O)CS)cc1C(F)(F)F. The van der Waals surface area contributed by atoms with Gasteiger partial charge in [0.25, 0.3) is 0 Å². The number of hydrogen-bond donors (Lipinski definition) is 4. The number of phenolic OH excluding ortho intramolecular Hbond substituents is 1. The second kappa shape index (κ2) is 5.16. The summed E-state index contributed by atoms with van der Waals surface area (Å²) in [4.78, 5) is 0. The molecule has 0 spiro atoms. The van der Waals surface area contributed by atoms with Crippen LogP contribution in [0.1, 0.15) is 17.2 Å². The van der Waals surface area contributed by atoms with Crippen molar-refractivity contribution in [3.8, 4) is 5.75 Å². The average molecular weight is 268 g/mol. The van der Waals surface area contributed by atoms with Crippen molar-refractivity contribution in [3.63, 3.8) is 0 Å². The third-order valence-electron chi connectivity index (χ3n) is 2.22. The Balaban J connectivity index is 3.13. The summed E-state index contributed by atoms with van der Waals surface area (Å²) in [6.07, 6.45) is -7.47. The van der Waals surface area contributed by atoms with Gasteiger partial charge >= 0.3 is 6.18 Å². The maximum Gasteiger partial charge on any atom is 0.419 e. The molecule has 0 amide bonds. The molecule has 0 fully saturated rings. The highest BCUT2D eigenvalue weighted by molar-refractivity contribution is 7.80. The quantitative estimate of drug-likeness (QED) is 0.631. The van der Waals surface area contributed by atoms with E-state index in [1.54, 1.807) is 0 Å². The van der Waals surface area contributed by atoms with E-state index in [0.717, 1.165) is 12.1 Å². The summed E-state index contributed by atoms with van der Waals surface area (Å²) >= 11 is 3.73. The molecule has 2 unspecified atom stereocenters. The Labute approximate surface area is 101 Å². The number of aromatic hydroxyl groups is 1. The van der Waals surface area contributed by atoms with Crippen LogP contribution in [0.4, 0.5) is 13.2 Å². The topological polar surface area (TPSA) is 60.7 Å². The molecule has 96 valence electrons. The molecular weight excluding hydrogens is 257 g/mol. The summed E-state index contributed by atoms with van der Waals surface area (Å²) in [5, 5.41) is 27.9. The van der Waals surface area contributed by atoms with Gasteiger partial charge in [0.1, 0.15) is 11.9 Å². The first-order chi connectivity index (χ1) is 7.77. The van der Waals surface area contributed by atoms with Crippen molar-refractivity contribution in [3.05, 3.63) is 29.3 Å². The summed E-state index contributed by atoms with van der Waals surface area (Å²) in [5.41, 5.74) is -1.38. The smallest absolute Gasteiger partial charge is 0.419 e. The van der Waals surface area contributed by atoms with Crippen LogP contribution in [0.15, 0.2) is 18.2 Å². The number of aliphatic hydroxyl groups excluding tert-OH is 2. The third kappa shape index (κ3) is 3.27. The van der Waals surface area contributed by atoms with Crippen LogP contribution < -0.4 is 0 Å². The van der Waals surface area contributed by atoms with Crippen molar-refractivity contribution in [1.29, 1.82) is 0 Å². The molecule has 0 saturated heterocycles. The summed E-state index contributed by atoms with van der Waals surface area (Å²) in [7, 11) is 0. The van der Waals surface area contributed by atoms with Crippen LogP contribution in [0, 0.1) is 0 Å². The van der Waals surface area contributed by atoms with Crippen LogP contribution in [0.25, 0.3) is 0 Å². The first-order valence-electron chi connectivity index (χ1n) is 4.64. The van der Waals surface area contributed by atoms with E-state index in [1.165, 1.54) is 0 Å². The van der Waals surface area contributed by atoms with Gasteiger partial charge in [0.15, 0.2) is 0 Å². The second-order valence-corrected chi connectivity index (χ2v) is 3.83. The van der Waals surface area contributed by atoms with E-state index in [4.69, 9.17) is 5.11 Å². The van der Waals surface area contributed by atoms with Gasteiger partial charge in [0.05, 0.1) is 11.7 Å². The number of rotatable bonds is 3. The van der Waals surface area contributed by atoms with Gasteiger partial charge in [-0.15, -0.1) is 0 Å². The van der Waals surface area contributed by atoms with E-state index in [2.05, 4.69) is 12.6 Å². The van der Waals surface area contributed by atoms with Gasteiger partial charge in [0, 0.05) is 5.75 Å². The molecule has 1 aromatic carbocycles. The van der Waals surface area contributed by atoms with Crippen LogP contribution in [-0.4, -0.2) is 27.2 Å². The van der Waals surface area contributed by atoms with Crippen LogP contribution in [0.3, 0.4) is 0 Å². The lowest BCUT2D eigenvalue weighted by atomic mass is 10.0. The van der Waals surface area contributed by atoms with E-state index in [0.29, 0.717) is 6.07 Å². The van der Waals surface area contributed by atoms with Crippen LogP contribution in [0.2, 0.25) is 0 Å². The van der Waals surface area contributed by atoms with Crippen molar-refractivity contribution in [2.24, 2.45) is 0 Å². The molecule has 17 heavy (non-hydrogen) atoms. The van der Waals surface area contributed by atoms with E-state index >= 15 is 0 Å². The molecule has 2 atom stereocenters. The summed E-state index contributed by atoms with van der Waals surface area (Å²) in [6.45, 7) is 0. The Morgan fingerprint density at radius 1 is 1.24 bits per heavy atom. The first kappa shape index (κ1) is 14.1. The van der Waals surface area contributed by atoms with Crippen LogP contribution in [0.5, 0.6) is 5.75 Å². The monoisotopic (exact) mass is 268 g/mol. The van der Waals surface area contributed by atoms with Crippen LogP contribution >= 0.6 is 12.6 Å². The molecular formula is C10H11F3O3S. The average Bonchev–Trinajstić information content (AvgIpc) is 2.26. The zero-order valence-electron chi connectivity index (χ0n) is 8.52. The molecule has 0 aliphatic heterocycles. The number of phenols is 1. The lowest BCUT2D eigenvalue weighted by Gasteiger charge is -2.18. The number of hydrogen-bond acceptors (Lipinski definition) is 4. The van der Waals surface area contributed by atoms with Gasteiger partial charge in [-0.05, 0) is 17.7 Å². The second-order valence-electron chi connectivity index (χ2n) is 3.47. The van der Waals surface area contributed by atoms with E-state index < -0.39 is 29.7 Å². The Bertz CT molecular complexity index is 395. The lowest BCUT2D eigenvalue weighted by molar-refractivity contribution is -0.138. The molecule has 1 rings (SSSR count). The van der Waals surface area contributed by atoms with Crippen molar-refractivity contribution < 1.29 is 28.5 Å². The number of alkyl halides is 3. The predicted octanol–water partition coefficient (Wildman–Crippen LogP) is 1.74. The minimum Gasteiger partial charge on any atom is -0.507 e. The molecule has 0 radical (unpaired) electrons. The standard InChI is InChI=1S/C10H11F3O3S/c11-10(12,13)6-3-5(1-2-7(6)14)9(16)8(15)4-17/h1-3,8-9,14-17H,4H2. The molecule has 0 aromatic heterocycles. The molecule has 0 aliphatic carbocycles. The fraction of sp³-hybridized carbons (Fsp3) is 0.400. The van der Waals surface area contributed by atoms with Crippen LogP contribution in [-0.2, 0) is 6.18 Å². The minimum atomic E-state index is -4.72. The largest absolute Gasteiger partial charge is 0.507 e. The summed E-state index contributed by atoms with van der Waals surface area (Å²) in [6, 6.07) is 2.54. The van der Waals surface area contributed by atoms with Gasteiger partial charge in [-0.25, -0.2) is 0 Å². The first-order valence-corrected chi connectivity index (χ1v) is 5.27. The molecule has 1 aromatic rings. The fourth-order valence-electron chi connectivity index (χ4n) is 1.29. The van der Waals surface area contributed by atoms with Crippen molar-refractivity contribution >= 4 is 12.6 Å². The van der Waals surface area contributed by atoms with Gasteiger partial charge in [-0.3, -0.25) is 0 Å². The summed E-state index contributed by atoms with van der Waals surface area (Å²) < 4.78 is 37.4. The highest BCUT2D eigenvalue weighted by atomic mass is 32.1. The minimum absolute atomic E-state index is 0.0939. The molecule has 0 saturated carbocycles. The third-order valence-corrected chi connectivity index (χ3v) is 2.59. The van der Waals surface area contributed by atoms with E-state index in [1.807, 2.05) is 0 Å². The van der Waals surface area contributed by atoms with E-state index in [9.17, 15) is 23.4 Å². The Morgan fingerprint density at radius 3 is 2.29 bits per heavy atom. The Hall–Kier alpha value is -0.920. The highest BCUT2D eigenvalue weighted by Crippen LogP contribution is 2.37. The molecule has 0 aliphatic rings. The van der Waals surface area contributed by atoms with E-state index in [-0.39, 0.29) is 11.3 Å². The zero-order chi connectivity index (χ0) is 13.2. The molecule has 0 heterocycles. The molecule has 0 bridgehead atoms. The normalized spacial score (nSPS) is 15.6. The highest BCUT2D eigenvalue weighted by Gasteiger charge is 2.34. The molecule has 3 nitrogen and oxygen atoms in total.